The third-order valence-corrected chi connectivity index (χ3v) is 8.28. The summed E-state index contributed by atoms with van der Waals surface area (Å²) in [6.45, 7) is 8.16. The summed E-state index contributed by atoms with van der Waals surface area (Å²) >= 11 is 10.1. The fraction of sp³-hybridized carbons (Fsp3) is 0.200. The molecule has 1 nitrogen and oxygen atoms in total. The molecular formula is C30H30ClNS2. The van der Waals surface area contributed by atoms with E-state index in [2.05, 4.69) is 104 Å². The Morgan fingerprint density at radius 1 is 0.735 bits per heavy atom. The monoisotopic (exact) mass is 503 g/mol. The quantitative estimate of drug-likeness (QED) is 0.174. The second-order valence-corrected chi connectivity index (χ2v) is 11.0. The molecule has 0 amide bonds. The highest BCUT2D eigenvalue weighted by Gasteiger charge is 2.15. The van der Waals surface area contributed by atoms with Gasteiger partial charge in [-0.2, -0.15) is 0 Å². The van der Waals surface area contributed by atoms with Gasteiger partial charge in [-0.05, 0) is 90.6 Å². The lowest BCUT2D eigenvalue weighted by molar-refractivity contribution is 0.462. The molecule has 4 aromatic carbocycles. The SMILES string of the molecule is CSc1cccc(-c2ccc(CN(Cc3ccccc3Cl)Sc3c(C)cc(C)cc3C)cc2)c1. The van der Waals surface area contributed by atoms with Crippen molar-refractivity contribution in [3.63, 3.8) is 0 Å². The lowest BCUT2D eigenvalue weighted by Gasteiger charge is -2.24. The van der Waals surface area contributed by atoms with Crippen LogP contribution in [0.15, 0.2) is 94.7 Å². The molecule has 0 bridgehead atoms. The van der Waals surface area contributed by atoms with Gasteiger partial charge in [-0.15, -0.1) is 11.8 Å². The van der Waals surface area contributed by atoms with E-state index in [1.807, 2.05) is 24.1 Å². The lowest BCUT2D eigenvalue weighted by Crippen LogP contribution is -2.16. The van der Waals surface area contributed by atoms with E-state index in [0.29, 0.717) is 0 Å². The number of benzene rings is 4. The molecule has 0 saturated carbocycles. The molecule has 0 aliphatic heterocycles. The molecule has 0 aromatic heterocycles. The first-order valence-corrected chi connectivity index (χ1v) is 13.8. The first-order valence-electron chi connectivity index (χ1n) is 11.4. The summed E-state index contributed by atoms with van der Waals surface area (Å²) in [4.78, 5) is 2.61. The zero-order chi connectivity index (χ0) is 24.1. The Morgan fingerprint density at radius 3 is 2.12 bits per heavy atom. The molecule has 4 aromatic rings. The Kier molecular flexibility index (Phi) is 8.44. The lowest BCUT2D eigenvalue weighted by atomic mass is 10.0. The number of thioether (sulfide) groups is 1. The highest BCUT2D eigenvalue weighted by atomic mass is 35.5. The van der Waals surface area contributed by atoms with Gasteiger partial charge in [0.2, 0.25) is 0 Å². The van der Waals surface area contributed by atoms with Gasteiger partial charge in [0.05, 0.1) is 0 Å². The fourth-order valence-corrected chi connectivity index (χ4v) is 5.92. The van der Waals surface area contributed by atoms with Crippen LogP contribution in [0.2, 0.25) is 5.02 Å². The maximum Gasteiger partial charge on any atom is 0.0451 e. The van der Waals surface area contributed by atoms with Gasteiger partial charge in [-0.1, -0.05) is 83.9 Å². The third-order valence-electron chi connectivity index (χ3n) is 5.85. The summed E-state index contributed by atoms with van der Waals surface area (Å²) in [5, 5.41) is 0.814. The van der Waals surface area contributed by atoms with Gasteiger partial charge in [0, 0.05) is 27.9 Å². The first kappa shape index (κ1) is 24.9. The standard InChI is InChI=1S/C30H30ClNS2/c1-21-16-22(2)30(23(3)17-21)34-32(20-27-8-5-6-11-29(27)31)19-24-12-14-25(15-13-24)26-9-7-10-28(18-26)33-4/h5-18H,19-20H2,1-4H3. The van der Waals surface area contributed by atoms with Crippen molar-refractivity contribution >= 4 is 35.3 Å². The highest BCUT2D eigenvalue weighted by molar-refractivity contribution is 7.98. The van der Waals surface area contributed by atoms with E-state index < -0.39 is 0 Å². The Bertz CT molecular complexity index is 1240. The minimum atomic E-state index is 0.772. The van der Waals surface area contributed by atoms with E-state index in [-0.39, 0.29) is 0 Å². The van der Waals surface area contributed by atoms with Crippen molar-refractivity contribution in [2.24, 2.45) is 0 Å². The molecular weight excluding hydrogens is 474 g/mol. The molecule has 4 heteroatoms. The van der Waals surface area contributed by atoms with Gasteiger partial charge >= 0.3 is 0 Å². The second kappa shape index (κ2) is 11.5. The minimum Gasteiger partial charge on any atom is -0.238 e. The molecule has 0 N–H and O–H groups in total. The third kappa shape index (κ3) is 6.28. The number of halogens is 1. The summed E-state index contributed by atoms with van der Waals surface area (Å²) in [6.07, 6.45) is 2.12. The van der Waals surface area contributed by atoms with E-state index in [4.69, 9.17) is 11.6 Å². The predicted octanol–water partition coefficient (Wildman–Crippen LogP) is 9.36. The van der Waals surface area contributed by atoms with Crippen molar-refractivity contribution in [3.05, 3.63) is 118 Å². The number of aryl methyl sites for hydroxylation is 3. The average Bonchev–Trinajstić information content (AvgIpc) is 2.83. The molecule has 0 radical (unpaired) electrons. The van der Waals surface area contributed by atoms with Crippen LogP contribution in [0.1, 0.15) is 27.8 Å². The highest BCUT2D eigenvalue weighted by Crippen LogP contribution is 2.34. The van der Waals surface area contributed by atoms with Crippen LogP contribution in [0.25, 0.3) is 11.1 Å². The number of nitrogens with zero attached hydrogens (tertiary/aromatic N) is 1. The molecule has 0 unspecified atom stereocenters. The van der Waals surface area contributed by atoms with Gasteiger partial charge in [0.25, 0.3) is 0 Å². The molecule has 34 heavy (non-hydrogen) atoms. The van der Waals surface area contributed by atoms with E-state index in [1.54, 1.807) is 11.8 Å². The van der Waals surface area contributed by atoms with Crippen LogP contribution in [0, 0.1) is 20.8 Å². The van der Waals surface area contributed by atoms with Crippen LogP contribution in [0.3, 0.4) is 0 Å². The van der Waals surface area contributed by atoms with Crippen molar-refractivity contribution in [3.8, 4) is 11.1 Å². The summed E-state index contributed by atoms with van der Waals surface area (Å²) in [6, 6.07) is 30.3. The number of rotatable bonds is 8. The van der Waals surface area contributed by atoms with Gasteiger partial charge < -0.3 is 0 Å². The maximum absolute atomic E-state index is 6.53. The topological polar surface area (TPSA) is 3.24 Å². The molecule has 0 aliphatic carbocycles. The summed E-state index contributed by atoms with van der Waals surface area (Å²) in [5.41, 5.74) is 8.86. The normalized spacial score (nSPS) is 11.2. The van der Waals surface area contributed by atoms with Crippen molar-refractivity contribution in [1.82, 2.24) is 4.31 Å². The van der Waals surface area contributed by atoms with Crippen LogP contribution < -0.4 is 0 Å². The van der Waals surface area contributed by atoms with E-state index in [0.717, 1.165) is 23.7 Å². The van der Waals surface area contributed by atoms with Crippen LogP contribution in [0.5, 0.6) is 0 Å². The average molecular weight is 504 g/mol. The van der Waals surface area contributed by atoms with E-state index in [1.165, 1.54) is 43.2 Å². The zero-order valence-corrected chi connectivity index (χ0v) is 22.5. The fourth-order valence-electron chi connectivity index (χ4n) is 4.19. The minimum absolute atomic E-state index is 0.772. The van der Waals surface area contributed by atoms with Crippen molar-refractivity contribution < 1.29 is 0 Å². The predicted molar refractivity (Wildman–Crippen MR) is 151 cm³/mol. The van der Waals surface area contributed by atoms with Crippen LogP contribution >= 0.6 is 35.3 Å². The Balaban J connectivity index is 1.59. The summed E-state index contributed by atoms with van der Waals surface area (Å²) in [5.74, 6) is 0. The van der Waals surface area contributed by atoms with Gasteiger partial charge in [0.1, 0.15) is 0 Å². The Morgan fingerprint density at radius 2 is 1.44 bits per heavy atom. The largest absolute Gasteiger partial charge is 0.238 e. The molecule has 0 aliphatic rings. The van der Waals surface area contributed by atoms with Crippen molar-refractivity contribution in [2.75, 3.05) is 6.26 Å². The molecule has 0 saturated heterocycles. The summed E-state index contributed by atoms with van der Waals surface area (Å²) in [7, 11) is 0. The molecule has 0 heterocycles. The second-order valence-electron chi connectivity index (χ2n) is 8.64. The molecule has 4 rings (SSSR count). The molecule has 0 atom stereocenters. The first-order chi connectivity index (χ1) is 16.4. The smallest absolute Gasteiger partial charge is 0.0451 e. The molecule has 0 fully saturated rings. The van der Waals surface area contributed by atoms with Crippen LogP contribution in [0.4, 0.5) is 0 Å². The van der Waals surface area contributed by atoms with Crippen LogP contribution in [-0.4, -0.2) is 10.6 Å². The summed E-state index contributed by atoms with van der Waals surface area (Å²) < 4.78 is 2.41. The van der Waals surface area contributed by atoms with E-state index in [9.17, 15) is 0 Å². The number of hydrogen-bond acceptors (Lipinski definition) is 3. The van der Waals surface area contributed by atoms with Crippen molar-refractivity contribution in [1.29, 1.82) is 0 Å². The Labute approximate surface area is 217 Å². The van der Waals surface area contributed by atoms with E-state index >= 15 is 0 Å². The van der Waals surface area contributed by atoms with Gasteiger partial charge in [-0.3, -0.25) is 0 Å². The van der Waals surface area contributed by atoms with Gasteiger partial charge in [-0.25, -0.2) is 4.31 Å². The number of hydrogen-bond donors (Lipinski definition) is 0. The van der Waals surface area contributed by atoms with Gasteiger partial charge in [0.15, 0.2) is 0 Å². The van der Waals surface area contributed by atoms with Crippen molar-refractivity contribution in [2.45, 2.75) is 43.7 Å². The Hall–Kier alpha value is -2.17. The molecule has 0 spiro atoms. The zero-order valence-electron chi connectivity index (χ0n) is 20.1. The van der Waals surface area contributed by atoms with Crippen LogP contribution in [-0.2, 0) is 13.1 Å². The molecule has 174 valence electrons. The maximum atomic E-state index is 6.53.